The molecule has 0 saturated carbocycles. The zero-order chi connectivity index (χ0) is 11.3. The van der Waals surface area contributed by atoms with Crippen LogP contribution in [-0.2, 0) is 4.79 Å². The molecule has 4 N–H and O–H groups in total. The van der Waals surface area contributed by atoms with Crippen LogP contribution < -0.4 is 11.1 Å². The Balaban J connectivity index is 0.000000531. The number of amides is 1. The van der Waals surface area contributed by atoms with Gasteiger partial charge in [-0.25, -0.2) is 4.98 Å². The van der Waals surface area contributed by atoms with E-state index in [-0.39, 0.29) is 5.91 Å². The zero-order valence-corrected chi connectivity index (χ0v) is 8.74. The quantitative estimate of drug-likeness (QED) is 0.653. The summed E-state index contributed by atoms with van der Waals surface area (Å²) >= 11 is 0. The number of hydrogen-bond acceptors (Lipinski definition) is 3. The minimum atomic E-state index is -0.126. The molecule has 1 aromatic heterocycles. The highest BCUT2D eigenvalue weighted by molar-refractivity contribution is 5.89. The summed E-state index contributed by atoms with van der Waals surface area (Å²) in [7, 11) is 1.50. The molecular weight excluding hydrogens is 192 g/mol. The standard InChI is InChI=1S/C9H9N3O.CH5N/c1-6(13)10-9-11-7-4-2-3-5-8(7)12-9;1-2/h2-5H,1H3,(H2,10,11,12,13);2H2,1H3. The highest BCUT2D eigenvalue weighted by Crippen LogP contribution is 2.12. The van der Waals surface area contributed by atoms with E-state index in [1.165, 1.54) is 14.0 Å². The van der Waals surface area contributed by atoms with E-state index in [9.17, 15) is 4.79 Å². The predicted octanol–water partition coefficient (Wildman–Crippen LogP) is 1.10. The first-order chi connectivity index (χ1) is 7.25. The molecule has 80 valence electrons. The number of anilines is 1. The minimum absolute atomic E-state index is 0.126. The second kappa shape index (κ2) is 5.11. The van der Waals surface area contributed by atoms with Gasteiger partial charge in [0.25, 0.3) is 0 Å². The molecule has 0 fully saturated rings. The summed E-state index contributed by atoms with van der Waals surface area (Å²) in [5.41, 5.74) is 6.28. The maximum atomic E-state index is 10.7. The molecule has 5 heteroatoms. The molecule has 15 heavy (non-hydrogen) atoms. The van der Waals surface area contributed by atoms with E-state index in [0.29, 0.717) is 5.95 Å². The largest absolute Gasteiger partial charge is 0.333 e. The van der Waals surface area contributed by atoms with Crippen molar-refractivity contribution in [1.82, 2.24) is 9.97 Å². The van der Waals surface area contributed by atoms with Crippen molar-refractivity contribution in [3.8, 4) is 0 Å². The molecule has 0 atom stereocenters. The number of rotatable bonds is 1. The summed E-state index contributed by atoms with van der Waals surface area (Å²) in [4.78, 5) is 17.9. The molecule has 0 bridgehead atoms. The van der Waals surface area contributed by atoms with Crippen molar-refractivity contribution in [2.45, 2.75) is 6.92 Å². The summed E-state index contributed by atoms with van der Waals surface area (Å²) in [6.45, 7) is 1.45. The summed E-state index contributed by atoms with van der Waals surface area (Å²) in [5.74, 6) is 0.368. The van der Waals surface area contributed by atoms with Crippen molar-refractivity contribution in [2.75, 3.05) is 12.4 Å². The number of nitrogens with two attached hydrogens (primary N) is 1. The van der Waals surface area contributed by atoms with Gasteiger partial charge in [0.15, 0.2) is 0 Å². The first-order valence-electron chi connectivity index (χ1n) is 4.56. The molecule has 0 radical (unpaired) electrons. The molecule has 0 spiro atoms. The van der Waals surface area contributed by atoms with Gasteiger partial charge in [-0.15, -0.1) is 0 Å². The van der Waals surface area contributed by atoms with Crippen LogP contribution in [-0.4, -0.2) is 22.9 Å². The lowest BCUT2D eigenvalue weighted by Gasteiger charge is -1.92. The number of aromatic nitrogens is 2. The predicted molar refractivity (Wildman–Crippen MR) is 60.5 cm³/mol. The third kappa shape index (κ3) is 2.78. The summed E-state index contributed by atoms with van der Waals surface area (Å²) in [6.07, 6.45) is 0. The molecule has 1 aromatic carbocycles. The summed E-state index contributed by atoms with van der Waals surface area (Å²) < 4.78 is 0. The van der Waals surface area contributed by atoms with Gasteiger partial charge in [-0.1, -0.05) is 12.1 Å². The Morgan fingerprint density at radius 3 is 2.67 bits per heavy atom. The zero-order valence-electron chi connectivity index (χ0n) is 8.74. The second-order valence-corrected chi connectivity index (χ2v) is 2.78. The molecule has 0 unspecified atom stereocenters. The van der Waals surface area contributed by atoms with Crippen LogP contribution in [0.5, 0.6) is 0 Å². The Morgan fingerprint density at radius 1 is 1.40 bits per heavy atom. The Hall–Kier alpha value is -1.88. The van der Waals surface area contributed by atoms with Crippen molar-refractivity contribution in [3.63, 3.8) is 0 Å². The van der Waals surface area contributed by atoms with Gasteiger partial charge in [0, 0.05) is 6.92 Å². The number of carbonyl (C=O) groups is 1. The minimum Gasteiger partial charge on any atom is -0.333 e. The van der Waals surface area contributed by atoms with Crippen LogP contribution in [0.3, 0.4) is 0 Å². The average molecular weight is 206 g/mol. The summed E-state index contributed by atoms with van der Waals surface area (Å²) in [6, 6.07) is 7.61. The van der Waals surface area contributed by atoms with Crippen LogP contribution in [0.25, 0.3) is 11.0 Å². The summed E-state index contributed by atoms with van der Waals surface area (Å²) in [5, 5.41) is 2.59. The lowest BCUT2D eigenvalue weighted by Crippen LogP contribution is -2.06. The number of H-pyrrole nitrogens is 1. The number of fused-ring (bicyclic) bond motifs is 1. The van der Waals surface area contributed by atoms with Gasteiger partial charge in [0.05, 0.1) is 11.0 Å². The van der Waals surface area contributed by atoms with Crippen molar-refractivity contribution in [3.05, 3.63) is 24.3 Å². The molecule has 0 saturated heterocycles. The molecule has 1 heterocycles. The van der Waals surface area contributed by atoms with Gasteiger partial charge >= 0.3 is 0 Å². The van der Waals surface area contributed by atoms with E-state index in [1.54, 1.807) is 0 Å². The number of carbonyl (C=O) groups excluding carboxylic acids is 1. The van der Waals surface area contributed by atoms with Crippen LogP contribution in [0.1, 0.15) is 6.92 Å². The van der Waals surface area contributed by atoms with Crippen molar-refractivity contribution in [2.24, 2.45) is 5.73 Å². The highest BCUT2D eigenvalue weighted by atomic mass is 16.1. The van der Waals surface area contributed by atoms with Crippen LogP contribution in [0.15, 0.2) is 24.3 Å². The number of aromatic amines is 1. The van der Waals surface area contributed by atoms with E-state index in [0.717, 1.165) is 11.0 Å². The maximum Gasteiger partial charge on any atom is 0.223 e. The molecule has 0 aliphatic carbocycles. The van der Waals surface area contributed by atoms with E-state index in [4.69, 9.17) is 0 Å². The normalized spacial score (nSPS) is 9.27. The average Bonchev–Trinajstić information content (AvgIpc) is 2.61. The van der Waals surface area contributed by atoms with Gasteiger partial charge in [-0.05, 0) is 19.2 Å². The van der Waals surface area contributed by atoms with E-state index in [2.05, 4.69) is 21.0 Å². The highest BCUT2D eigenvalue weighted by Gasteiger charge is 2.01. The fourth-order valence-corrected chi connectivity index (χ4v) is 1.18. The van der Waals surface area contributed by atoms with E-state index >= 15 is 0 Å². The number of nitrogens with one attached hydrogen (secondary N) is 2. The Kier molecular flexibility index (Phi) is 3.82. The fourth-order valence-electron chi connectivity index (χ4n) is 1.18. The molecule has 2 rings (SSSR count). The lowest BCUT2D eigenvalue weighted by atomic mass is 10.3. The Bertz CT molecular complexity index is 416. The number of benzene rings is 1. The van der Waals surface area contributed by atoms with Crippen LogP contribution in [0, 0.1) is 0 Å². The van der Waals surface area contributed by atoms with Crippen molar-refractivity contribution < 1.29 is 4.79 Å². The number of para-hydroxylation sites is 2. The monoisotopic (exact) mass is 206 g/mol. The number of hydrogen-bond donors (Lipinski definition) is 3. The molecule has 0 aliphatic heterocycles. The number of imidazole rings is 1. The second-order valence-electron chi connectivity index (χ2n) is 2.78. The molecule has 5 nitrogen and oxygen atoms in total. The van der Waals surface area contributed by atoms with Gasteiger partial charge in [0.1, 0.15) is 0 Å². The third-order valence-corrected chi connectivity index (χ3v) is 1.68. The molecule has 1 amide bonds. The third-order valence-electron chi connectivity index (χ3n) is 1.68. The van der Waals surface area contributed by atoms with Gasteiger partial charge < -0.3 is 10.7 Å². The molecule has 2 aromatic rings. The molecule has 0 aliphatic rings. The SMILES string of the molecule is CC(=O)Nc1nc2ccccc2[nH]1.CN. The Morgan fingerprint density at radius 2 is 2.07 bits per heavy atom. The fraction of sp³-hybridized carbons (Fsp3) is 0.200. The van der Waals surface area contributed by atoms with Crippen molar-refractivity contribution >= 4 is 22.9 Å². The lowest BCUT2D eigenvalue weighted by molar-refractivity contribution is -0.114. The van der Waals surface area contributed by atoms with Gasteiger partial charge in [-0.2, -0.15) is 0 Å². The van der Waals surface area contributed by atoms with Crippen LogP contribution >= 0.6 is 0 Å². The number of nitrogens with zero attached hydrogens (tertiary/aromatic N) is 1. The maximum absolute atomic E-state index is 10.7. The van der Waals surface area contributed by atoms with Crippen LogP contribution in [0.4, 0.5) is 5.95 Å². The van der Waals surface area contributed by atoms with Crippen LogP contribution in [0.2, 0.25) is 0 Å². The van der Waals surface area contributed by atoms with Gasteiger partial charge in [-0.3, -0.25) is 10.1 Å². The van der Waals surface area contributed by atoms with Crippen molar-refractivity contribution in [1.29, 1.82) is 0 Å². The first-order valence-corrected chi connectivity index (χ1v) is 4.56. The van der Waals surface area contributed by atoms with E-state index < -0.39 is 0 Å². The van der Waals surface area contributed by atoms with E-state index in [1.807, 2.05) is 24.3 Å². The Labute approximate surface area is 87.7 Å². The topological polar surface area (TPSA) is 83.8 Å². The molecular formula is C10H14N4O. The van der Waals surface area contributed by atoms with Gasteiger partial charge in [0.2, 0.25) is 11.9 Å². The first kappa shape index (κ1) is 11.2. The smallest absolute Gasteiger partial charge is 0.223 e.